The Kier molecular flexibility index (Phi) is 24.8. The number of ether oxygens (including phenoxy) is 1. The van der Waals surface area contributed by atoms with Crippen LogP contribution in [-0.4, -0.2) is 53.8 Å². The number of nitrogens with one attached hydrogen (secondary N) is 5. The van der Waals surface area contributed by atoms with Crippen molar-refractivity contribution in [1.29, 1.82) is 0 Å². The van der Waals surface area contributed by atoms with Crippen LogP contribution >= 0.6 is 45.9 Å². The van der Waals surface area contributed by atoms with Gasteiger partial charge in [0.25, 0.3) is 0 Å². The molecule has 0 saturated heterocycles. The van der Waals surface area contributed by atoms with Crippen molar-refractivity contribution in [2.24, 2.45) is 0 Å². The fourth-order valence-electron chi connectivity index (χ4n) is 6.75. The first-order valence-corrected chi connectivity index (χ1v) is 26.2. The zero-order valence-electron chi connectivity index (χ0n) is 41.3. The van der Waals surface area contributed by atoms with Gasteiger partial charge in [0.05, 0.1) is 28.1 Å². The Bertz CT molecular complexity index is 2700. The summed E-state index contributed by atoms with van der Waals surface area (Å²) in [5.74, 6) is -0.534. The van der Waals surface area contributed by atoms with Crippen LogP contribution in [0, 0.1) is 0 Å². The van der Waals surface area contributed by atoms with Gasteiger partial charge in [0, 0.05) is 48.8 Å². The first-order valence-electron chi connectivity index (χ1n) is 23.4. The maximum atomic E-state index is 12.8. The summed E-state index contributed by atoms with van der Waals surface area (Å²) >= 11 is 12.8. The number of aryl methyl sites for hydroxylation is 2. The molecule has 6 aromatic rings. The second-order valence-electron chi connectivity index (χ2n) is 17.3. The number of nitrogens with two attached hydrogens (primary N) is 1. The lowest BCUT2D eigenvalue weighted by Crippen LogP contribution is -2.27. The minimum absolute atomic E-state index is 0.00378. The van der Waals surface area contributed by atoms with Crippen LogP contribution in [0.4, 0.5) is 27.5 Å². The smallest absolute Gasteiger partial charge is 0.412 e. The molecule has 0 aliphatic rings. The molecule has 12 nitrogen and oxygen atoms in total. The number of thiophene rings is 2. The predicted octanol–water partition coefficient (Wildman–Crippen LogP) is 13.4. The molecule has 0 saturated carbocycles. The number of alkyl halides is 2. The first kappa shape index (κ1) is 57.9. The monoisotopic (exact) mass is 1050 g/mol. The van der Waals surface area contributed by atoms with E-state index in [2.05, 4.69) is 38.7 Å². The van der Waals surface area contributed by atoms with Gasteiger partial charge >= 0.3 is 6.09 Å². The minimum Gasteiger partial charge on any atom is -0.444 e. The highest BCUT2D eigenvalue weighted by molar-refractivity contribution is 7.13. The molecule has 0 aliphatic carbocycles. The molecule has 380 valence electrons. The van der Waals surface area contributed by atoms with Crippen molar-refractivity contribution in [3.63, 3.8) is 0 Å². The summed E-state index contributed by atoms with van der Waals surface area (Å²) in [5, 5.41) is 18.3. The lowest BCUT2D eigenvalue weighted by molar-refractivity contribution is -0.119. The Morgan fingerprint density at radius 3 is 1.46 bits per heavy atom. The molecule has 2 aromatic heterocycles. The molecular weight excluding hydrogens is 988 g/mol. The van der Waals surface area contributed by atoms with Gasteiger partial charge in [0.2, 0.25) is 23.6 Å². The Morgan fingerprint density at radius 2 is 1.03 bits per heavy atom. The van der Waals surface area contributed by atoms with E-state index in [1.54, 1.807) is 61.7 Å². The fraction of sp³-hybridized carbons (Fsp3) is 0.268. The molecule has 7 N–H and O–H groups in total. The molecule has 16 heteroatoms. The Balaban J connectivity index is 0.000000302. The van der Waals surface area contributed by atoms with E-state index in [1.807, 2.05) is 102 Å². The summed E-state index contributed by atoms with van der Waals surface area (Å²) < 4.78 is 5.37. The zero-order valence-corrected chi connectivity index (χ0v) is 44.5. The average molecular weight is 1050 g/mol. The molecule has 0 bridgehead atoms. The normalized spacial score (nSPS) is 10.9. The topological polar surface area (TPSA) is 181 Å². The molecule has 0 spiro atoms. The summed E-state index contributed by atoms with van der Waals surface area (Å²) in [5.41, 5.74) is 13.7. The number of unbranched alkanes of at least 4 members (excludes halogenated alkanes) is 2. The van der Waals surface area contributed by atoms with E-state index in [0.717, 1.165) is 70.5 Å². The van der Waals surface area contributed by atoms with Gasteiger partial charge in [-0.3, -0.25) is 24.5 Å². The number of carbonyl (C=O) groups excluding carboxylic acids is 5. The van der Waals surface area contributed by atoms with Gasteiger partial charge in [-0.05, 0) is 152 Å². The number of nitrogen functional groups attached to an aromatic ring is 1. The largest absolute Gasteiger partial charge is 0.444 e. The number of benzene rings is 4. The minimum atomic E-state index is -0.643. The van der Waals surface area contributed by atoms with Crippen molar-refractivity contribution in [3.8, 4) is 20.9 Å². The van der Waals surface area contributed by atoms with Crippen LogP contribution in [0.5, 0.6) is 0 Å². The molecular formula is C56H64Cl2N6O6S2. The van der Waals surface area contributed by atoms with Gasteiger partial charge in [-0.15, -0.1) is 45.9 Å². The predicted molar refractivity (Wildman–Crippen MR) is 302 cm³/mol. The van der Waals surface area contributed by atoms with E-state index >= 15 is 0 Å². The number of halogens is 2. The molecule has 0 aliphatic heterocycles. The van der Waals surface area contributed by atoms with Crippen LogP contribution in [0.25, 0.3) is 33.0 Å². The molecule has 0 radical (unpaired) electrons. The van der Waals surface area contributed by atoms with Crippen LogP contribution in [0.15, 0.2) is 132 Å². The molecule has 2 heterocycles. The van der Waals surface area contributed by atoms with E-state index in [4.69, 9.17) is 33.7 Å². The standard InChI is InChI=1S/C30H35N3O4S.C25H27N3O2S.CH2Cl2/c1-21(34)31-18-6-5-8-22-10-12-23(13-11-22)14-17-28(35)32-26-20-24(27-9-7-19-38-27)15-16-25(26)33-29(36)37-30(2,3)4;1-18(29)27-15-3-2-5-19-7-9-20(10-8-19)11-14-25(30)28-23-17-21(12-13-22(23)26)24-6-4-16-31-24;2-1-3/h7,9-17,19-20H,5-6,8,18H2,1-4H3,(H,31,34)(H,32,35)(H,33,36);4,6-14,16-17H,2-3,5,15,26H2,1H3,(H,27,29)(H,28,30);1H2/b17-14+;14-11+;. The highest BCUT2D eigenvalue weighted by Crippen LogP contribution is 2.33. The van der Waals surface area contributed by atoms with Gasteiger partial charge in [0.15, 0.2) is 0 Å². The third-order valence-corrected chi connectivity index (χ3v) is 12.0. The molecule has 0 unspecified atom stereocenters. The summed E-state index contributed by atoms with van der Waals surface area (Å²) in [7, 11) is 0. The molecule has 0 atom stereocenters. The lowest BCUT2D eigenvalue weighted by Gasteiger charge is -2.20. The SMILES string of the molecule is CC(=O)NCCCCc1ccc(/C=C/C(=O)Nc2cc(-c3cccs3)ccc2N)cc1.CC(=O)NCCCCc1ccc(/C=C/C(=O)Nc2cc(-c3cccs3)ccc2NC(=O)OC(C)(C)C)cc1.ClCCl. The number of anilines is 4. The summed E-state index contributed by atoms with van der Waals surface area (Å²) in [6, 6.07) is 35.3. The molecule has 4 aromatic carbocycles. The van der Waals surface area contributed by atoms with E-state index in [9.17, 15) is 24.0 Å². The van der Waals surface area contributed by atoms with Gasteiger partial charge in [-0.2, -0.15) is 0 Å². The zero-order chi connectivity index (χ0) is 52.3. The van der Waals surface area contributed by atoms with Gasteiger partial charge in [-0.25, -0.2) is 4.79 Å². The Morgan fingerprint density at radius 1 is 0.583 bits per heavy atom. The van der Waals surface area contributed by atoms with Crippen molar-refractivity contribution in [1.82, 2.24) is 10.6 Å². The average Bonchev–Trinajstić information content (AvgIpc) is 4.09. The van der Waals surface area contributed by atoms with Crippen LogP contribution in [0.1, 0.15) is 82.6 Å². The van der Waals surface area contributed by atoms with Gasteiger partial charge in [0.1, 0.15) is 5.60 Å². The quantitative estimate of drug-likeness (QED) is 0.0202. The Labute approximate surface area is 441 Å². The molecule has 0 fully saturated rings. The highest BCUT2D eigenvalue weighted by atomic mass is 35.5. The van der Waals surface area contributed by atoms with Gasteiger partial charge in [-0.1, -0.05) is 72.8 Å². The van der Waals surface area contributed by atoms with E-state index in [1.165, 1.54) is 37.1 Å². The maximum absolute atomic E-state index is 12.8. The molecule has 6 rings (SSSR count). The number of amides is 5. The number of hydrogen-bond acceptors (Lipinski definition) is 9. The van der Waals surface area contributed by atoms with E-state index in [0.29, 0.717) is 35.8 Å². The lowest BCUT2D eigenvalue weighted by atomic mass is 10.1. The van der Waals surface area contributed by atoms with Crippen LogP contribution in [0.2, 0.25) is 0 Å². The Hall–Kier alpha value is -6.71. The summed E-state index contributed by atoms with van der Waals surface area (Å²) in [6.07, 6.45) is 11.7. The second kappa shape index (κ2) is 30.9. The highest BCUT2D eigenvalue weighted by Gasteiger charge is 2.18. The van der Waals surface area contributed by atoms with Crippen LogP contribution in [0.3, 0.4) is 0 Å². The number of hydrogen-bond donors (Lipinski definition) is 6. The third-order valence-electron chi connectivity index (χ3n) is 10.2. The van der Waals surface area contributed by atoms with Crippen molar-refractivity contribution in [3.05, 3.63) is 154 Å². The van der Waals surface area contributed by atoms with E-state index < -0.39 is 11.7 Å². The van der Waals surface area contributed by atoms with Crippen molar-refractivity contribution in [2.75, 3.05) is 40.1 Å². The van der Waals surface area contributed by atoms with Gasteiger partial charge < -0.3 is 31.7 Å². The second-order valence-corrected chi connectivity index (χ2v) is 20.0. The molecule has 72 heavy (non-hydrogen) atoms. The first-order chi connectivity index (χ1) is 34.5. The molecule has 5 amide bonds. The van der Waals surface area contributed by atoms with Crippen molar-refractivity contribution < 1.29 is 28.7 Å². The third kappa shape index (κ3) is 22.6. The maximum Gasteiger partial charge on any atom is 0.412 e. The summed E-state index contributed by atoms with van der Waals surface area (Å²) in [6.45, 7) is 9.84. The van der Waals surface area contributed by atoms with Crippen molar-refractivity contribution >= 4 is 110 Å². The number of rotatable bonds is 19. The summed E-state index contributed by atoms with van der Waals surface area (Å²) in [4.78, 5) is 61.5. The number of carbonyl (C=O) groups is 5. The van der Waals surface area contributed by atoms with Crippen LogP contribution < -0.4 is 32.3 Å². The van der Waals surface area contributed by atoms with Crippen LogP contribution in [-0.2, 0) is 36.8 Å². The van der Waals surface area contributed by atoms with Crippen molar-refractivity contribution in [2.45, 2.75) is 78.7 Å². The fourth-order valence-corrected chi connectivity index (χ4v) is 8.20. The van der Waals surface area contributed by atoms with E-state index in [-0.39, 0.29) is 29.0 Å².